The van der Waals surface area contributed by atoms with Gasteiger partial charge in [-0.3, -0.25) is 4.90 Å². The van der Waals surface area contributed by atoms with E-state index in [9.17, 15) is 4.79 Å². The Balaban J connectivity index is 2.56. The van der Waals surface area contributed by atoms with Crippen molar-refractivity contribution in [2.45, 2.75) is 32.6 Å². The highest BCUT2D eigenvalue weighted by Gasteiger charge is 2.31. The number of amides is 1. The van der Waals surface area contributed by atoms with E-state index in [2.05, 4.69) is 9.97 Å². The monoisotopic (exact) mass is 255 g/mol. The van der Waals surface area contributed by atoms with E-state index in [-0.39, 0.29) is 5.41 Å². The van der Waals surface area contributed by atoms with Crippen LogP contribution in [0, 0.1) is 0 Å². The number of fused-ring (bicyclic) bond motifs is 1. The van der Waals surface area contributed by atoms with Gasteiger partial charge in [-0.25, -0.2) is 14.8 Å². The Kier molecular flexibility index (Phi) is 2.73. The number of anilines is 1. The molecule has 1 N–H and O–H groups in total. The van der Waals surface area contributed by atoms with Crippen LogP contribution in [0.4, 0.5) is 10.6 Å². The first-order valence-corrected chi connectivity index (χ1v) is 5.76. The second kappa shape index (κ2) is 3.84. The standard InChI is InChI=1S/C11H14ClN3O2/c1-11(2,3)9-13-7(12)6-4-5-15(10(16)17)8(6)14-9/h4-5H2,1-3H3,(H,16,17). The molecule has 2 rings (SSSR count). The van der Waals surface area contributed by atoms with Crippen LogP contribution in [-0.2, 0) is 11.8 Å². The highest BCUT2D eigenvalue weighted by Crippen LogP contribution is 2.33. The van der Waals surface area contributed by atoms with Crippen LogP contribution in [0.15, 0.2) is 0 Å². The van der Waals surface area contributed by atoms with Crippen molar-refractivity contribution >= 4 is 23.5 Å². The van der Waals surface area contributed by atoms with Crippen LogP contribution < -0.4 is 4.90 Å². The average Bonchev–Trinajstić information content (AvgIpc) is 2.60. The Morgan fingerprint density at radius 2 is 2.06 bits per heavy atom. The molecule has 1 amide bonds. The Morgan fingerprint density at radius 1 is 1.41 bits per heavy atom. The maximum Gasteiger partial charge on any atom is 0.413 e. The lowest BCUT2D eigenvalue weighted by Crippen LogP contribution is -2.28. The number of aromatic nitrogens is 2. The molecule has 0 spiro atoms. The fourth-order valence-corrected chi connectivity index (χ4v) is 1.99. The van der Waals surface area contributed by atoms with Gasteiger partial charge in [-0.1, -0.05) is 32.4 Å². The summed E-state index contributed by atoms with van der Waals surface area (Å²) >= 11 is 6.08. The van der Waals surface area contributed by atoms with Gasteiger partial charge in [0, 0.05) is 17.5 Å². The van der Waals surface area contributed by atoms with Gasteiger partial charge in [0.1, 0.15) is 16.8 Å². The molecule has 1 aromatic heterocycles. The van der Waals surface area contributed by atoms with Gasteiger partial charge in [-0.15, -0.1) is 0 Å². The van der Waals surface area contributed by atoms with E-state index >= 15 is 0 Å². The second-order valence-corrected chi connectivity index (χ2v) is 5.43. The van der Waals surface area contributed by atoms with Crippen molar-refractivity contribution in [3.05, 3.63) is 16.5 Å². The van der Waals surface area contributed by atoms with Gasteiger partial charge in [-0.2, -0.15) is 0 Å². The lowest BCUT2D eigenvalue weighted by Gasteiger charge is -2.19. The molecule has 1 aliphatic rings. The van der Waals surface area contributed by atoms with Gasteiger partial charge >= 0.3 is 6.09 Å². The van der Waals surface area contributed by atoms with Gasteiger partial charge in [0.05, 0.1) is 0 Å². The number of carboxylic acid groups (broad SMARTS) is 1. The maximum absolute atomic E-state index is 11.1. The van der Waals surface area contributed by atoms with Crippen molar-refractivity contribution in [3.63, 3.8) is 0 Å². The Bertz CT molecular complexity index is 482. The number of hydrogen-bond donors (Lipinski definition) is 1. The average molecular weight is 256 g/mol. The fraction of sp³-hybridized carbons (Fsp3) is 0.545. The van der Waals surface area contributed by atoms with Crippen LogP contribution in [0.25, 0.3) is 0 Å². The number of halogens is 1. The molecule has 1 aromatic rings. The minimum absolute atomic E-state index is 0.258. The molecule has 0 aromatic carbocycles. The van der Waals surface area contributed by atoms with E-state index in [1.165, 1.54) is 4.90 Å². The normalized spacial score (nSPS) is 14.9. The van der Waals surface area contributed by atoms with Crippen LogP contribution in [-0.4, -0.2) is 27.7 Å². The maximum atomic E-state index is 11.1. The van der Waals surface area contributed by atoms with Crippen molar-refractivity contribution < 1.29 is 9.90 Å². The van der Waals surface area contributed by atoms with Gasteiger partial charge in [0.25, 0.3) is 0 Å². The quantitative estimate of drug-likeness (QED) is 0.723. The number of rotatable bonds is 0. The summed E-state index contributed by atoms with van der Waals surface area (Å²) in [5.41, 5.74) is 0.466. The SMILES string of the molecule is CC(C)(C)c1nc(Cl)c2c(n1)N(C(=O)O)CC2. The third-order valence-corrected chi connectivity index (χ3v) is 2.99. The van der Waals surface area contributed by atoms with E-state index in [0.717, 1.165) is 5.56 Å². The molecule has 0 unspecified atom stereocenters. The molecular weight excluding hydrogens is 242 g/mol. The van der Waals surface area contributed by atoms with Gasteiger partial charge < -0.3 is 5.11 Å². The summed E-state index contributed by atoms with van der Waals surface area (Å²) in [5, 5.41) is 9.43. The van der Waals surface area contributed by atoms with Crippen molar-refractivity contribution in [2.75, 3.05) is 11.4 Å². The number of carbonyl (C=O) groups is 1. The van der Waals surface area contributed by atoms with Crippen molar-refractivity contribution in [1.29, 1.82) is 0 Å². The molecule has 5 nitrogen and oxygen atoms in total. The van der Waals surface area contributed by atoms with Crippen molar-refractivity contribution in [1.82, 2.24) is 9.97 Å². The van der Waals surface area contributed by atoms with Crippen molar-refractivity contribution in [2.24, 2.45) is 0 Å². The molecule has 0 bridgehead atoms. The zero-order valence-electron chi connectivity index (χ0n) is 9.99. The predicted molar refractivity (Wildman–Crippen MR) is 64.8 cm³/mol. The minimum Gasteiger partial charge on any atom is -0.465 e. The third kappa shape index (κ3) is 2.07. The zero-order chi connectivity index (χ0) is 12.8. The summed E-state index contributed by atoms with van der Waals surface area (Å²) in [7, 11) is 0. The smallest absolute Gasteiger partial charge is 0.413 e. The Labute approximate surface area is 104 Å². The fourth-order valence-electron chi connectivity index (χ4n) is 1.73. The zero-order valence-corrected chi connectivity index (χ0v) is 10.7. The van der Waals surface area contributed by atoms with Crippen LogP contribution in [0.1, 0.15) is 32.2 Å². The summed E-state index contributed by atoms with van der Waals surface area (Å²) < 4.78 is 0. The van der Waals surface area contributed by atoms with E-state index in [4.69, 9.17) is 16.7 Å². The van der Waals surface area contributed by atoms with Crippen LogP contribution in [0.2, 0.25) is 5.15 Å². The van der Waals surface area contributed by atoms with E-state index in [1.54, 1.807) is 0 Å². The van der Waals surface area contributed by atoms with Gasteiger partial charge in [0.15, 0.2) is 0 Å². The first kappa shape index (κ1) is 12.1. The summed E-state index contributed by atoms with van der Waals surface area (Å²) in [4.78, 5) is 20.9. The predicted octanol–water partition coefficient (Wildman–Crippen LogP) is 2.47. The molecule has 0 atom stereocenters. The highest BCUT2D eigenvalue weighted by molar-refractivity contribution is 6.30. The molecular formula is C11H14ClN3O2. The largest absolute Gasteiger partial charge is 0.465 e. The molecule has 0 radical (unpaired) electrons. The third-order valence-electron chi connectivity index (χ3n) is 2.68. The summed E-state index contributed by atoms with van der Waals surface area (Å²) in [6, 6.07) is 0. The lowest BCUT2D eigenvalue weighted by molar-refractivity contribution is 0.202. The molecule has 0 aliphatic carbocycles. The van der Waals surface area contributed by atoms with E-state index < -0.39 is 6.09 Å². The summed E-state index contributed by atoms with van der Waals surface area (Å²) in [6.07, 6.45) is -0.427. The molecule has 2 heterocycles. The highest BCUT2D eigenvalue weighted by atomic mass is 35.5. The van der Waals surface area contributed by atoms with E-state index in [0.29, 0.717) is 29.8 Å². The van der Waals surface area contributed by atoms with Gasteiger partial charge in [-0.05, 0) is 6.42 Å². The topological polar surface area (TPSA) is 66.3 Å². The van der Waals surface area contributed by atoms with E-state index in [1.807, 2.05) is 20.8 Å². The minimum atomic E-state index is -1.00. The first-order chi connectivity index (χ1) is 7.80. The van der Waals surface area contributed by atoms with Crippen LogP contribution >= 0.6 is 11.6 Å². The molecule has 0 saturated heterocycles. The molecule has 92 valence electrons. The molecule has 0 fully saturated rings. The molecule has 1 aliphatic heterocycles. The number of hydrogen-bond acceptors (Lipinski definition) is 3. The van der Waals surface area contributed by atoms with Crippen LogP contribution in [0.5, 0.6) is 0 Å². The van der Waals surface area contributed by atoms with Crippen LogP contribution in [0.3, 0.4) is 0 Å². The molecule has 17 heavy (non-hydrogen) atoms. The molecule has 0 saturated carbocycles. The Morgan fingerprint density at radius 3 is 2.59 bits per heavy atom. The number of nitrogens with zero attached hydrogens (tertiary/aromatic N) is 3. The Hall–Kier alpha value is -1.36. The lowest BCUT2D eigenvalue weighted by atomic mass is 9.95. The first-order valence-electron chi connectivity index (χ1n) is 5.38. The van der Waals surface area contributed by atoms with Gasteiger partial charge in [0.2, 0.25) is 0 Å². The molecule has 6 heteroatoms. The second-order valence-electron chi connectivity index (χ2n) is 5.07. The van der Waals surface area contributed by atoms with Crippen molar-refractivity contribution in [3.8, 4) is 0 Å². The summed E-state index contributed by atoms with van der Waals surface area (Å²) in [6.45, 7) is 6.29. The summed E-state index contributed by atoms with van der Waals surface area (Å²) in [5.74, 6) is 0.997.